The number of hydrogen-bond acceptors (Lipinski definition) is 4. The molecule has 2 aliphatic rings. The van der Waals surface area contributed by atoms with E-state index in [1.165, 1.54) is 7.11 Å². The SMILES string of the molecule is COC(=O)c1cc2c(-c3ccccc3)c(-c3ccccc3)c1OCO2. The predicted octanol–water partition coefficient (Wildman–Crippen LogP) is 4.54. The molecule has 0 unspecified atom stereocenters. The third-order valence-electron chi connectivity index (χ3n) is 4.19. The fourth-order valence-corrected chi connectivity index (χ4v) is 3.09. The number of rotatable bonds is 3. The highest BCUT2D eigenvalue weighted by atomic mass is 16.7. The molecule has 0 saturated heterocycles. The molecule has 2 aliphatic heterocycles. The lowest BCUT2D eigenvalue weighted by atomic mass is 9.90. The van der Waals surface area contributed by atoms with E-state index in [1.54, 1.807) is 6.07 Å². The smallest absolute Gasteiger partial charge is 0.341 e. The first-order chi connectivity index (χ1) is 12.3. The van der Waals surface area contributed by atoms with Gasteiger partial charge in [-0.25, -0.2) is 4.79 Å². The van der Waals surface area contributed by atoms with E-state index in [4.69, 9.17) is 14.2 Å². The van der Waals surface area contributed by atoms with Crippen LogP contribution in [-0.4, -0.2) is 19.9 Å². The third-order valence-corrected chi connectivity index (χ3v) is 4.19. The predicted molar refractivity (Wildman–Crippen MR) is 94.8 cm³/mol. The van der Waals surface area contributed by atoms with Gasteiger partial charge in [0.2, 0.25) is 6.79 Å². The molecule has 2 heterocycles. The molecular weight excluding hydrogens is 316 g/mol. The first-order valence-corrected chi connectivity index (χ1v) is 7.95. The van der Waals surface area contributed by atoms with Gasteiger partial charge in [-0.05, 0) is 17.2 Å². The molecule has 25 heavy (non-hydrogen) atoms. The summed E-state index contributed by atoms with van der Waals surface area (Å²) in [7, 11) is 1.36. The van der Waals surface area contributed by atoms with Crippen LogP contribution in [0.3, 0.4) is 0 Å². The fourth-order valence-electron chi connectivity index (χ4n) is 3.09. The van der Waals surface area contributed by atoms with E-state index >= 15 is 0 Å². The highest BCUT2D eigenvalue weighted by Crippen LogP contribution is 2.48. The van der Waals surface area contributed by atoms with Crippen molar-refractivity contribution in [2.45, 2.75) is 0 Å². The van der Waals surface area contributed by atoms with Gasteiger partial charge in [-0.3, -0.25) is 0 Å². The van der Waals surface area contributed by atoms with Crippen molar-refractivity contribution >= 4 is 5.97 Å². The molecule has 0 aromatic heterocycles. The van der Waals surface area contributed by atoms with Gasteiger partial charge in [-0.1, -0.05) is 60.7 Å². The summed E-state index contributed by atoms with van der Waals surface area (Å²) >= 11 is 0. The first-order valence-electron chi connectivity index (χ1n) is 7.95. The molecule has 4 heteroatoms. The van der Waals surface area contributed by atoms with E-state index in [-0.39, 0.29) is 6.79 Å². The van der Waals surface area contributed by atoms with Crippen molar-refractivity contribution in [2.24, 2.45) is 0 Å². The van der Waals surface area contributed by atoms with E-state index in [0.717, 1.165) is 22.3 Å². The lowest BCUT2D eigenvalue weighted by Crippen LogP contribution is -2.06. The minimum Gasteiger partial charge on any atom is -0.465 e. The van der Waals surface area contributed by atoms with E-state index in [9.17, 15) is 4.79 Å². The standard InChI is InChI=1S/C21H16O4/c1-23-21(22)16-12-17-18(14-8-4-2-5-9-14)19(20(16)25-13-24-17)15-10-6-3-7-11-15/h2-12H,13H2,1H3. The Kier molecular flexibility index (Phi) is 3.86. The lowest BCUT2D eigenvalue weighted by Gasteiger charge is -2.16. The van der Waals surface area contributed by atoms with Crippen molar-refractivity contribution in [3.05, 3.63) is 72.3 Å². The van der Waals surface area contributed by atoms with E-state index in [2.05, 4.69) is 0 Å². The number of carbonyl (C=O) groups is 1. The molecule has 3 aromatic carbocycles. The summed E-state index contributed by atoms with van der Waals surface area (Å²) in [6, 6.07) is 21.5. The molecule has 2 bridgehead atoms. The van der Waals surface area contributed by atoms with Crippen molar-refractivity contribution in [1.82, 2.24) is 0 Å². The molecule has 0 spiro atoms. The summed E-state index contributed by atoms with van der Waals surface area (Å²) < 4.78 is 16.5. The number of fused-ring (bicyclic) bond motifs is 4. The average molecular weight is 332 g/mol. The molecular formula is C21H16O4. The summed E-state index contributed by atoms with van der Waals surface area (Å²) in [5, 5.41) is 0. The number of hydrogen-bond donors (Lipinski definition) is 0. The normalized spacial score (nSPS) is 12.0. The van der Waals surface area contributed by atoms with Gasteiger partial charge in [0.15, 0.2) is 0 Å². The number of ether oxygens (including phenoxy) is 3. The van der Waals surface area contributed by atoms with Crippen LogP contribution < -0.4 is 9.47 Å². The number of carbonyl (C=O) groups excluding carboxylic acids is 1. The first kappa shape index (κ1) is 15.3. The quantitative estimate of drug-likeness (QED) is 0.661. The van der Waals surface area contributed by atoms with E-state index < -0.39 is 5.97 Å². The summed E-state index contributed by atoms with van der Waals surface area (Å²) in [5.41, 5.74) is 4.07. The van der Waals surface area contributed by atoms with Crippen molar-refractivity contribution in [3.8, 4) is 33.8 Å². The minimum absolute atomic E-state index is 0.0499. The van der Waals surface area contributed by atoms with Gasteiger partial charge in [0.1, 0.15) is 17.1 Å². The Bertz CT molecular complexity index is 918. The largest absolute Gasteiger partial charge is 0.465 e. The molecule has 0 amide bonds. The Balaban J connectivity index is 2.08. The van der Waals surface area contributed by atoms with E-state index in [0.29, 0.717) is 17.1 Å². The highest BCUT2D eigenvalue weighted by molar-refractivity contribution is 6.02. The van der Waals surface area contributed by atoms with Gasteiger partial charge < -0.3 is 14.2 Å². The summed E-state index contributed by atoms with van der Waals surface area (Å²) in [4.78, 5) is 12.2. The second kappa shape index (κ2) is 6.32. The zero-order chi connectivity index (χ0) is 17.2. The Morgan fingerprint density at radius 3 is 2.08 bits per heavy atom. The Labute approximate surface area is 145 Å². The lowest BCUT2D eigenvalue weighted by molar-refractivity contribution is 0.0594. The van der Waals surface area contributed by atoms with E-state index in [1.807, 2.05) is 60.7 Å². The molecule has 0 radical (unpaired) electrons. The Morgan fingerprint density at radius 1 is 0.880 bits per heavy atom. The molecule has 124 valence electrons. The fraction of sp³-hybridized carbons (Fsp3) is 0.0952. The van der Waals surface area contributed by atoms with Gasteiger partial charge in [0.05, 0.1) is 7.11 Å². The van der Waals surface area contributed by atoms with Gasteiger partial charge in [-0.15, -0.1) is 0 Å². The van der Waals surface area contributed by atoms with Gasteiger partial charge in [-0.2, -0.15) is 0 Å². The molecule has 4 nitrogen and oxygen atoms in total. The molecule has 0 N–H and O–H groups in total. The van der Waals surface area contributed by atoms with Crippen LogP contribution in [0.2, 0.25) is 0 Å². The third kappa shape index (κ3) is 2.62. The van der Waals surface area contributed by atoms with Crippen molar-refractivity contribution in [3.63, 3.8) is 0 Å². The zero-order valence-corrected chi connectivity index (χ0v) is 13.7. The number of methoxy groups -OCH3 is 1. The van der Waals surface area contributed by atoms with Gasteiger partial charge in [0.25, 0.3) is 0 Å². The average Bonchev–Trinajstić information content (AvgIpc) is 3.00. The summed E-state index contributed by atoms with van der Waals surface area (Å²) in [5.74, 6) is 0.642. The maximum absolute atomic E-state index is 12.2. The maximum atomic E-state index is 12.2. The van der Waals surface area contributed by atoms with Crippen LogP contribution in [0.5, 0.6) is 11.5 Å². The van der Waals surface area contributed by atoms with Gasteiger partial charge in [0, 0.05) is 11.1 Å². The van der Waals surface area contributed by atoms with Crippen LogP contribution in [0.1, 0.15) is 10.4 Å². The van der Waals surface area contributed by atoms with Gasteiger partial charge >= 0.3 is 5.97 Å². The molecule has 0 saturated carbocycles. The molecule has 3 aromatic rings. The van der Waals surface area contributed by atoms with Crippen LogP contribution in [0.4, 0.5) is 0 Å². The Morgan fingerprint density at radius 2 is 1.48 bits per heavy atom. The monoisotopic (exact) mass is 332 g/mol. The van der Waals surface area contributed by atoms with Crippen LogP contribution >= 0.6 is 0 Å². The highest BCUT2D eigenvalue weighted by Gasteiger charge is 2.28. The second-order valence-electron chi connectivity index (χ2n) is 5.63. The van der Waals surface area contributed by atoms with Crippen molar-refractivity contribution in [1.29, 1.82) is 0 Å². The second-order valence-corrected chi connectivity index (χ2v) is 5.63. The topological polar surface area (TPSA) is 44.8 Å². The Hall–Kier alpha value is -3.27. The minimum atomic E-state index is -0.446. The van der Waals surface area contributed by atoms with Crippen LogP contribution in [0.15, 0.2) is 66.7 Å². The molecule has 0 fully saturated rings. The van der Waals surface area contributed by atoms with Crippen LogP contribution in [0.25, 0.3) is 22.3 Å². The number of esters is 1. The zero-order valence-electron chi connectivity index (χ0n) is 13.7. The number of benzene rings is 3. The maximum Gasteiger partial charge on any atom is 0.341 e. The van der Waals surface area contributed by atoms with Crippen LogP contribution in [0, 0.1) is 0 Å². The summed E-state index contributed by atoms with van der Waals surface area (Å²) in [6.07, 6.45) is 0. The van der Waals surface area contributed by atoms with Crippen molar-refractivity contribution < 1.29 is 19.0 Å². The molecule has 0 aliphatic carbocycles. The van der Waals surface area contributed by atoms with Crippen molar-refractivity contribution in [2.75, 3.05) is 13.9 Å². The van der Waals surface area contributed by atoms with Crippen LogP contribution in [-0.2, 0) is 4.74 Å². The molecule has 5 rings (SSSR count). The molecule has 0 atom stereocenters. The summed E-state index contributed by atoms with van der Waals surface area (Å²) in [6.45, 7) is 0.0499.